The molecule has 2 aliphatic rings. The van der Waals surface area contributed by atoms with Crippen LogP contribution in [0.3, 0.4) is 0 Å². The van der Waals surface area contributed by atoms with E-state index in [9.17, 15) is 14.7 Å². The third-order valence-electron chi connectivity index (χ3n) is 4.85. The van der Waals surface area contributed by atoms with Crippen LogP contribution in [0.2, 0.25) is 0 Å². The number of hydrogen-bond donors (Lipinski definition) is 3. The van der Waals surface area contributed by atoms with Crippen molar-refractivity contribution in [3.63, 3.8) is 0 Å². The van der Waals surface area contributed by atoms with Crippen LogP contribution in [-0.4, -0.2) is 53.7 Å². The molecule has 1 heterocycles. The van der Waals surface area contributed by atoms with Crippen molar-refractivity contribution in [2.24, 2.45) is 5.92 Å². The molecule has 0 spiro atoms. The Hall–Kier alpha value is -1.30. The number of urea groups is 1. The van der Waals surface area contributed by atoms with E-state index < -0.39 is 11.5 Å². The fourth-order valence-corrected chi connectivity index (χ4v) is 3.37. The van der Waals surface area contributed by atoms with Gasteiger partial charge in [0.1, 0.15) is 5.54 Å². The Morgan fingerprint density at radius 2 is 1.90 bits per heavy atom. The average molecular weight is 297 g/mol. The highest BCUT2D eigenvalue weighted by atomic mass is 16.4. The molecule has 6 heteroatoms. The Morgan fingerprint density at radius 1 is 1.24 bits per heavy atom. The first-order chi connectivity index (χ1) is 9.91. The predicted molar refractivity (Wildman–Crippen MR) is 80.2 cm³/mol. The van der Waals surface area contributed by atoms with Gasteiger partial charge in [0, 0.05) is 12.6 Å². The molecule has 0 radical (unpaired) electrons. The largest absolute Gasteiger partial charge is 0.480 e. The van der Waals surface area contributed by atoms with E-state index >= 15 is 0 Å². The maximum Gasteiger partial charge on any atom is 0.329 e. The minimum Gasteiger partial charge on any atom is -0.480 e. The molecule has 1 aliphatic carbocycles. The molecular weight excluding hydrogens is 270 g/mol. The summed E-state index contributed by atoms with van der Waals surface area (Å²) in [7, 11) is 2.03. The SMILES string of the molecule is CC1CCC(NC(=O)NC2CCCN(C)C2)(C(=O)O)CC1. The number of carbonyl (C=O) groups excluding carboxylic acids is 1. The molecule has 1 atom stereocenters. The highest BCUT2D eigenvalue weighted by Crippen LogP contribution is 2.32. The van der Waals surface area contributed by atoms with Crippen LogP contribution in [-0.2, 0) is 4.79 Å². The smallest absolute Gasteiger partial charge is 0.329 e. The van der Waals surface area contributed by atoms with Gasteiger partial charge in [-0.1, -0.05) is 6.92 Å². The topological polar surface area (TPSA) is 81.7 Å². The van der Waals surface area contributed by atoms with Gasteiger partial charge in [-0.05, 0) is 58.0 Å². The van der Waals surface area contributed by atoms with Crippen LogP contribution in [0.15, 0.2) is 0 Å². The highest BCUT2D eigenvalue weighted by molar-refractivity contribution is 5.86. The monoisotopic (exact) mass is 297 g/mol. The van der Waals surface area contributed by atoms with Gasteiger partial charge in [0.2, 0.25) is 0 Å². The van der Waals surface area contributed by atoms with Crippen molar-refractivity contribution in [1.29, 1.82) is 0 Å². The van der Waals surface area contributed by atoms with Crippen LogP contribution in [0.5, 0.6) is 0 Å². The number of carboxylic acids is 1. The number of carboxylic acid groups (broad SMARTS) is 1. The van der Waals surface area contributed by atoms with Crippen LogP contribution < -0.4 is 10.6 Å². The molecule has 21 heavy (non-hydrogen) atoms. The Bertz CT molecular complexity index is 392. The summed E-state index contributed by atoms with van der Waals surface area (Å²) >= 11 is 0. The zero-order valence-electron chi connectivity index (χ0n) is 13.0. The van der Waals surface area contributed by atoms with E-state index in [-0.39, 0.29) is 12.1 Å². The molecular formula is C15H27N3O3. The maximum absolute atomic E-state index is 12.2. The second kappa shape index (κ2) is 6.64. The summed E-state index contributed by atoms with van der Waals surface area (Å²) in [5, 5.41) is 15.2. The molecule has 2 rings (SSSR count). The van der Waals surface area contributed by atoms with E-state index in [4.69, 9.17) is 0 Å². The summed E-state index contributed by atoms with van der Waals surface area (Å²) in [6.07, 6.45) is 4.73. The van der Waals surface area contributed by atoms with Gasteiger partial charge < -0.3 is 20.6 Å². The van der Waals surface area contributed by atoms with Crippen LogP contribution >= 0.6 is 0 Å². The molecule has 1 unspecified atom stereocenters. The predicted octanol–water partition coefficient (Wildman–Crippen LogP) is 1.41. The van der Waals surface area contributed by atoms with Crippen molar-refractivity contribution >= 4 is 12.0 Å². The van der Waals surface area contributed by atoms with E-state index in [2.05, 4.69) is 22.5 Å². The fraction of sp³-hybridized carbons (Fsp3) is 0.867. The second-order valence-corrected chi connectivity index (χ2v) is 6.77. The Labute approximate surface area is 126 Å². The number of aliphatic carboxylic acids is 1. The third kappa shape index (κ3) is 4.09. The zero-order chi connectivity index (χ0) is 15.5. The van der Waals surface area contributed by atoms with Crippen molar-refractivity contribution in [1.82, 2.24) is 15.5 Å². The molecule has 0 aromatic heterocycles. The van der Waals surface area contributed by atoms with E-state index in [1.165, 1.54) is 0 Å². The lowest BCUT2D eigenvalue weighted by Gasteiger charge is -2.37. The standard InChI is InChI=1S/C15H27N3O3/c1-11-5-7-15(8-6-11,13(19)20)17-14(21)16-12-4-3-9-18(2)10-12/h11-12H,3-10H2,1-2H3,(H,19,20)(H2,16,17,21). The molecule has 2 amide bonds. The minimum absolute atomic E-state index is 0.108. The van der Waals surface area contributed by atoms with Crippen LogP contribution in [0, 0.1) is 5.92 Å². The Balaban J connectivity index is 1.91. The van der Waals surface area contributed by atoms with Gasteiger partial charge in [-0.3, -0.25) is 0 Å². The van der Waals surface area contributed by atoms with Gasteiger partial charge in [0.15, 0.2) is 0 Å². The molecule has 1 saturated carbocycles. The van der Waals surface area contributed by atoms with Gasteiger partial charge in [0.05, 0.1) is 0 Å². The Morgan fingerprint density at radius 3 is 2.48 bits per heavy atom. The molecule has 1 saturated heterocycles. The van der Waals surface area contributed by atoms with Gasteiger partial charge in [-0.25, -0.2) is 9.59 Å². The molecule has 0 bridgehead atoms. The number of nitrogens with zero attached hydrogens (tertiary/aromatic N) is 1. The average Bonchev–Trinajstić information content (AvgIpc) is 2.41. The summed E-state index contributed by atoms with van der Waals surface area (Å²) in [5.41, 5.74) is -1.09. The van der Waals surface area contributed by atoms with Crippen molar-refractivity contribution < 1.29 is 14.7 Å². The molecule has 0 aromatic rings. The van der Waals surface area contributed by atoms with Crippen LogP contribution in [0.25, 0.3) is 0 Å². The third-order valence-corrected chi connectivity index (χ3v) is 4.85. The number of rotatable bonds is 3. The van der Waals surface area contributed by atoms with Crippen molar-refractivity contribution in [3.8, 4) is 0 Å². The second-order valence-electron chi connectivity index (χ2n) is 6.77. The normalized spacial score (nSPS) is 34.2. The zero-order valence-corrected chi connectivity index (χ0v) is 13.0. The Kier molecular flexibility index (Phi) is 5.08. The number of piperidine rings is 1. The van der Waals surface area contributed by atoms with E-state index in [1.54, 1.807) is 0 Å². The first-order valence-corrected chi connectivity index (χ1v) is 7.92. The molecule has 0 aromatic carbocycles. The lowest BCUT2D eigenvalue weighted by molar-refractivity contribution is -0.146. The molecule has 120 valence electrons. The highest BCUT2D eigenvalue weighted by Gasteiger charge is 2.42. The van der Waals surface area contributed by atoms with Gasteiger partial charge in [0.25, 0.3) is 0 Å². The number of hydrogen-bond acceptors (Lipinski definition) is 3. The van der Waals surface area contributed by atoms with E-state index in [0.29, 0.717) is 18.8 Å². The number of amides is 2. The first-order valence-electron chi connectivity index (χ1n) is 7.92. The van der Waals surface area contributed by atoms with Crippen LogP contribution in [0.4, 0.5) is 4.79 Å². The van der Waals surface area contributed by atoms with Gasteiger partial charge >= 0.3 is 12.0 Å². The van der Waals surface area contributed by atoms with Gasteiger partial charge in [-0.15, -0.1) is 0 Å². The van der Waals surface area contributed by atoms with E-state index in [1.807, 2.05) is 7.05 Å². The maximum atomic E-state index is 12.2. The van der Waals surface area contributed by atoms with Crippen molar-refractivity contribution in [2.45, 2.75) is 57.0 Å². The fourth-order valence-electron chi connectivity index (χ4n) is 3.37. The summed E-state index contributed by atoms with van der Waals surface area (Å²) in [5.74, 6) is -0.375. The molecule has 3 N–H and O–H groups in total. The lowest BCUT2D eigenvalue weighted by atomic mass is 9.77. The number of carbonyl (C=O) groups is 2. The minimum atomic E-state index is -1.09. The van der Waals surface area contributed by atoms with Gasteiger partial charge in [-0.2, -0.15) is 0 Å². The number of nitrogens with one attached hydrogen (secondary N) is 2. The number of likely N-dealkylation sites (N-methyl/N-ethyl adjacent to an activating group) is 1. The van der Waals surface area contributed by atoms with Crippen LogP contribution in [0.1, 0.15) is 45.4 Å². The summed E-state index contributed by atoms with van der Waals surface area (Å²) in [4.78, 5) is 26.0. The molecule has 2 fully saturated rings. The first kappa shape index (κ1) is 16.1. The van der Waals surface area contributed by atoms with Crippen molar-refractivity contribution in [3.05, 3.63) is 0 Å². The van der Waals surface area contributed by atoms with Crippen molar-refractivity contribution in [2.75, 3.05) is 20.1 Å². The summed E-state index contributed by atoms with van der Waals surface area (Å²) in [6.45, 7) is 4.00. The molecule has 6 nitrogen and oxygen atoms in total. The lowest BCUT2D eigenvalue weighted by Crippen LogP contribution is -2.60. The van der Waals surface area contributed by atoms with E-state index in [0.717, 1.165) is 38.8 Å². The summed E-state index contributed by atoms with van der Waals surface area (Å²) < 4.78 is 0. The molecule has 1 aliphatic heterocycles. The quantitative estimate of drug-likeness (QED) is 0.736. The summed E-state index contributed by atoms with van der Waals surface area (Å²) in [6, 6.07) is -0.232. The number of likely N-dealkylation sites (tertiary alicyclic amines) is 1.